The lowest BCUT2D eigenvalue weighted by molar-refractivity contribution is 0.240. The van der Waals surface area contributed by atoms with Crippen LogP contribution in [0.25, 0.3) is 4.96 Å². The predicted octanol–water partition coefficient (Wildman–Crippen LogP) is 3.45. The molecule has 4 nitrogen and oxygen atoms in total. The summed E-state index contributed by atoms with van der Waals surface area (Å²) in [6.07, 6.45) is 4.96. The van der Waals surface area contributed by atoms with Crippen LogP contribution in [0, 0.1) is 25.2 Å². The zero-order chi connectivity index (χ0) is 14.1. The molecule has 0 saturated carbocycles. The van der Waals surface area contributed by atoms with Crippen molar-refractivity contribution in [3.63, 3.8) is 0 Å². The van der Waals surface area contributed by atoms with Crippen LogP contribution in [0.1, 0.15) is 48.8 Å². The molecule has 3 rings (SSSR count). The van der Waals surface area contributed by atoms with E-state index in [0.717, 1.165) is 29.4 Å². The molecule has 0 aliphatic carbocycles. The number of fused-ring (bicyclic) bond motifs is 1. The molecule has 5 heteroatoms. The van der Waals surface area contributed by atoms with Crippen LogP contribution in [0.15, 0.2) is 5.38 Å². The third kappa shape index (κ3) is 2.23. The highest BCUT2D eigenvalue weighted by Crippen LogP contribution is 2.29. The lowest BCUT2D eigenvalue weighted by atomic mass is 10.1. The Kier molecular flexibility index (Phi) is 3.77. The Bertz CT molecular complexity index is 641. The second-order valence-corrected chi connectivity index (χ2v) is 6.40. The summed E-state index contributed by atoms with van der Waals surface area (Å²) in [6, 6.07) is 2.35. The van der Waals surface area contributed by atoms with Crippen LogP contribution in [-0.2, 0) is 0 Å². The molecule has 1 saturated heterocycles. The van der Waals surface area contributed by atoms with Crippen LogP contribution >= 0.6 is 11.3 Å². The second kappa shape index (κ2) is 5.55. The van der Waals surface area contributed by atoms with Gasteiger partial charge in [-0.3, -0.25) is 9.30 Å². The Hall–Kier alpha value is -1.38. The summed E-state index contributed by atoms with van der Waals surface area (Å²) in [7, 11) is 0. The Balaban J connectivity index is 2.04. The van der Waals surface area contributed by atoms with E-state index in [0.29, 0.717) is 0 Å². The molecular formula is C15H20N4S. The highest BCUT2D eigenvalue weighted by atomic mass is 32.1. The zero-order valence-electron chi connectivity index (χ0n) is 12.1. The van der Waals surface area contributed by atoms with E-state index in [1.807, 2.05) is 6.92 Å². The van der Waals surface area contributed by atoms with Crippen molar-refractivity contribution in [1.82, 2.24) is 14.3 Å². The summed E-state index contributed by atoms with van der Waals surface area (Å²) in [5, 5.41) is 11.8. The third-order valence-electron chi connectivity index (χ3n) is 4.14. The topological polar surface area (TPSA) is 44.3 Å². The van der Waals surface area contributed by atoms with E-state index in [9.17, 15) is 5.26 Å². The van der Waals surface area contributed by atoms with Crippen LogP contribution in [0.5, 0.6) is 0 Å². The van der Waals surface area contributed by atoms with Gasteiger partial charge in [0.2, 0.25) is 0 Å². The molecule has 0 radical (unpaired) electrons. The summed E-state index contributed by atoms with van der Waals surface area (Å²) in [6.45, 7) is 6.16. The average molecular weight is 288 g/mol. The van der Waals surface area contributed by atoms with Crippen LogP contribution in [-0.4, -0.2) is 27.4 Å². The summed E-state index contributed by atoms with van der Waals surface area (Å²) in [5.41, 5.74) is 3.24. The number of aromatic nitrogens is 2. The number of imidazole rings is 1. The van der Waals surface area contributed by atoms with Crippen LogP contribution in [0.4, 0.5) is 0 Å². The summed E-state index contributed by atoms with van der Waals surface area (Å²) in [4.78, 5) is 7.96. The van der Waals surface area contributed by atoms with Crippen LogP contribution in [0.2, 0.25) is 0 Å². The monoisotopic (exact) mass is 288 g/mol. The minimum absolute atomic E-state index is 0.170. The molecule has 0 bridgehead atoms. The van der Waals surface area contributed by atoms with Crippen molar-refractivity contribution in [3.05, 3.63) is 22.5 Å². The molecule has 2 aromatic rings. The molecule has 20 heavy (non-hydrogen) atoms. The maximum Gasteiger partial charge on any atom is 0.194 e. The van der Waals surface area contributed by atoms with Crippen molar-refractivity contribution < 1.29 is 0 Å². The smallest absolute Gasteiger partial charge is 0.194 e. The number of thiazole rings is 1. The molecule has 1 aliphatic heterocycles. The fourth-order valence-corrected chi connectivity index (χ4v) is 4.03. The first-order valence-electron chi connectivity index (χ1n) is 7.29. The van der Waals surface area contributed by atoms with Gasteiger partial charge in [-0.2, -0.15) is 5.26 Å². The highest BCUT2D eigenvalue weighted by Gasteiger charge is 2.27. The fraction of sp³-hybridized carbons (Fsp3) is 0.600. The second-order valence-electron chi connectivity index (χ2n) is 5.56. The first-order valence-corrected chi connectivity index (χ1v) is 8.17. The van der Waals surface area contributed by atoms with Crippen molar-refractivity contribution in [2.45, 2.75) is 45.6 Å². The standard InChI is InChI=1S/C15H20N4S/c1-11-10-20-15-17-12(2)14(19(11)15)13(9-16)18-7-5-3-4-6-8-18/h10,13H,3-8H2,1-2H3. The van der Waals surface area contributed by atoms with Crippen molar-refractivity contribution in [2.24, 2.45) is 0 Å². The maximum absolute atomic E-state index is 9.72. The first-order chi connectivity index (χ1) is 9.72. The molecule has 3 heterocycles. The van der Waals surface area contributed by atoms with E-state index < -0.39 is 0 Å². The molecule has 2 aromatic heterocycles. The van der Waals surface area contributed by atoms with Gasteiger partial charge in [-0.15, -0.1) is 11.3 Å². The van der Waals surface area contributed by atoms with E-state index in [-0.39, 0.29) is 6.04 Å². The Morgan fingerprint density at radius 1 is 1.25 bits per heavy atom. The van der Waals surface area contributed by atoms with Crippen molar-refractivity contribution in [3.8, 4) is 6.07 Å². The van der Waals surface area contributed by atoms with Gasteiger partial charge >= 0.3 is 0 Å². The molecule has 1 fully saturated rings. The first kappa shape index (κ1) is 13.6. The van der Waals surface area contributed by atoms with E-state index >= 15 is 0 Å². The number of nitriles is 1. The van der Waals surface area contributed by atoms with Gasteiger partial charge < -0.3 is 0 Å². The number of hydrogen-bond donors (Lipinski definition) is 0. The number of rotatable bonds is 2. The Labute approximate surface area is 123 Å². The molecule has 0 spiro atoms. The maximum atomic E-state index is 9.72. The highest BCUT2D eigenvalue weighted by molar-refractivity contribution is 7.15. The van der Waals surface area contributed by atoms with Gasteiger partial charge in [0.25, 0.3) is 0 Å². The van der Waals surface area contributed by atoms with Gasteiger partial charge in [0.15, 0.2) is 4.96 Å². The Morgan fingerprint density at radius 3 is 2.60 bits per heavy atom. The minimum Gasteiger partial charge on any atom is -0.289 e. The van der Waals surface area contributed by atoms with Gasteiger partial charge in [-0.25, -0.2) is 4.98 Å². The summed E-state index contributed by atoms with van der Waals surface area (Å²) >= 11 is 1.65. The number of hydrogen-bond acceptors (Lipinski definition) is 4. The quantitative estimate of drug-likeness (QED) is 0.850. The predicted molar refractivity (Wildman–Crippen MR) is 80.9 cm³/mol. The van der Waals surface area contributed by atoms with Gasteiger partial charge in [0.05, 0.1) is 17.5 Å². The lowest BCUT2D eigenvalue weighted by Gasteiger charge is -2.25. The van der Waals surface area contributed by atoms with Gasteiger partial charge in [0.1, 0.15) is 6.04 Å². The molecule has 1 unspecified atom stereocenters. The minimum atomic E-state index is -0.170. The molecule has 0 aromatic carbocycles. The van der Waals surface area contributed by atoms with Crippen LogP contribution in [0.3, 0.4) is 0 Å². The van der Waals surface area contributed by atoms with Gasteiger partial charge in [-0.1, -0.05) is 12.8 Å². The normalized spacial score (nSPS) is 18.9. The van der Waals surface area contributed by atoms with Crippen molar-refractivity contribution in [2.75, 3.05) is 13.1 Å². The molecular weight excluding hydrogens is 268 g/mol. The van der Waals surface area contributed by atoms with E-state index in [1.54, 1.807) is 11.3 Å². The van der Waals surface area contributed by atoms with Crippen molar-refractivity contribution >= 4 is 16.3 Å². The lowest BCUT2D eigenvalue weighted by Crippen LogP contribution is -2.30. The molecule has 106 valence electrons. The summed E-state index contributed by atoms with van der Waals surface area (Å²) in [5.74, 6) is 0. The SMILES string of the molecule is Cc1nc2scc(C)n2c1C(C#N)N1CCCCCC1. The van der Waals surface area contributed by atoms with E-state index in [1.165, 1.54) is 31.4 Å². The average Bonchev–Trinajstić information content (AvgIpc) is 2.82. The van der Waals surface area contributed by atoms with Gasteiger partial charge in [-0.05, 0) is 39.8 Å². The molecule has 1 aliphatic rings. The fourth-order valence-electron chi connectivity index (χ4n) is 3.12. The molecule has 1 atom stereocenters. The van der Waals surface area contributed by atoms with E-state index in [2.05, 4.69) is 32.7 Å². The summed E-state index contributed by atoms with van der Waals surface area (Å²) < 4.78 is 2.17. The zero-order valence-corrected chi connectivity index (χ0v) is 12.9. The largest absolute Gasteiger partial charge is 0.289 e. The third-order valence-corrected chi connectivity index (χ3v) is 5.08. The van der Waals surface area contributed by atoms with Crippen molar-refractivity contribution in [1.29, 1.82) is 5.26 Å². The number of aryl methyl sites for hydroxylation is 2. The van der Waals surface area contributed by atoms with Gasteiger partial charge in [0, 0.05) is 11.1 Å². The molecule has 0 amide bonds. The van der Waals surface area contributed by atoms with Crippen LogP contribution < -0.4 is 0 Å². The van der Waals surface area contributed by atoms with E-state index in [4.69, 9.17) is 0 Å². The number of nitrogens with zero attached hydrogens (tertiary/aromatic N) is 4. The Morgan fingerprint density at radius 2 is 1.95 bits per heavy atom. The molecule has 0 N–H and O–H groups in total. The number of likely N-dealkylation sites (tertiary alicyclic amines) is 1.